The third-order valence-corrected chi connectivity index (χ3v) is 4.17. The van der Waals surface area contributed by atoms with Crippen LogP contribution in [0.2, 0.25) is 0 Å². The standard InChI is InChI=1S/C12H17F2NO2S/c1-3-9(4-2)15-10-5-7-11(8-6-10)18(16,17)12(13)14/h5-9,12,15H,3-4H2,1-2H3. The van der Waals surface area contributed by atoms with E-state index in [1.807, 2.05) is 13.8 Å². The Hall–Kier alpha value is -1.17. The van der Waals surface area contributed by atoms with Gasteiger partial charge in [-0.1, -0.05) is 13.8 Å². The molecular weight excluding hydrogens is 260 g/mol. The van der Waals surface area contributed by atoms with Crippen LogP contribution in [0.3, 0.4) is 0 Å². The maximum Gasteiger partial charge on any atom is 0.341 e. The highest BCUT2D eigenvalue weighted by Gasteiger charge is 2.26. The highest BCUT2D eigenvalue weighted by atomic mass is 32.2. The number of sulfone groups is 1. The highest BCUT2D eigenvalue weighted by molar-refractivity contribution is 7.91. The fourth-order valence-electron chi connectivity index (χ4n) is 1.57. The molecule has 1 N–H and O–H groups in total. The molecule has 0 atom stereocenters. The van der Waals surface area contributed by atoms with E-state index in [0.29, 0.717) is 6.04 Å². The van der Waals surface area contributed by atoms with Crippen molar-refractivity contribution in [2.75, 3.05) is 5.32 Å². The summed E-state index contributed by atoms with van der Waals surface area (Å²) in [6.45, 7) is 4.08. The Morgan fingerprint density at radius 1 is 1.11 bits per heavy atom. The molecule has 0 aliphatic carbocycles. The fourth-order valence-corrected chi connectivity index (χ4v) is 2.29. The lowest BCUT2D eigenvalue weighted by molar-refractivity contribution is 0.234. The van der Waals surface area contributed by atoms with E-state index in [0.717, 1.165) is 18.5 Å². The lowest BCUT2D eigenvalue weighted by atomic mass is 10.1. The molecule has 0 aromatic heterocycles. The number of benzene rings is 1. The molecule has 6 heteroatoms. The minimum atomic E-state index is -4.49. The van der Waals surface area contributed by atoms with Crippen LogP contribution < -0.4 is 5.32 Å². The van der Waals surface area contributed by atoms with Gasteiger partial charge in [0.05, 0.1) is 4.90 Å². The Bertz CT molecular complexity index is 467. The lowest BCUT2D eigenvalue weighted by Crippen LogP contribution is -2.17. The molecular formula is C12H17F2NO2S. The van der Waals surface area contributed by atoms with Crippen LogP contribution in [-0.4, -0.2) is 20.2 Å². The van der Waals surface area contributed by atoms with Crippen molar-refractivity contribution in [3.8, 4) is 0 Å². The summed E-state index contributed by atoms with van der Waals surface area (Å²) in [6.07, 6.45) is 1.88. The molecule has 0 aliphatic heterocycles. The van der Waals surface area contributed by atoms with Gasteiger partial charge < -0.3 is 5.32 Å². The van der Waals surface area contributed by atoms with E-state index in [2.05, 4.69) is 5.32 Å². The molecule has 102 valence electrons. The molecule has 18 heavy (non-hydrogen) atoms. The van der Waals surface area contributed by atoms with Gasteiger partial charge in [0.1, 0.15) is 0 Å². The van der Waals surface area contributed by atoms with Gasteiger partial charge in [-0.2, -0.15) is 8.78 Å². The Morgan fingerprint density at radius 2 is 1.61 bits per heavy atom. The minimum Gasteiger partial charge on any atom is -0.382 e. The summed E-state index contributed by atoms with van der Waals surface area (Å²) >= 11 is 0. The number of hydrogen-bond acceptors (Lipinski definition) is 3. The zero-order chi connectivity index (χ0) is 13.8. The minimum absolute atomic E-state index is 0.294. The summed E-state index contributed by atoms with van der Waals surface area (Å²) in [5, 5.41) is 3.20. The summed E-state index contributed by atoms with van der Waals surface area (Å²) < 4.78 is 47.0. The van der Waals surface area contributed by atoms with Crippen LogP contribution in [0.15, 0.2) is 29.2 Å². The van der Waals surface area contributed by atoms with Crippen LogP contribution in [0, 0.1) is 0 Å². The molecule has 0 unspecified atom stereocenters. The van der Waals surface area contributed by atoms with E-state index < -0.39 is 15.6 Å². The van der Waals surface area contributed by atoms with E-state index in [4.69, 9.17) is 0 Å². The number of hydrogen-bond donors (Lipinski definition) is 1. The first-order valence-corrected chi connectivity index (χ1v) is 7.35. The molecule has 1 aromatic rings. The van der Waals surface area contributed by atoms with Gasteiger partial charge in [0, 0.05) is 11.7 Å². The van der Waals surface area contributed by atoms with Crippen molar-refractivity contribution >= 4 is 15.5 Å². The van der Waals surface area contributed by atoms with Gasteiger partial charge in [0.15, 0.2) is 0 Å². The van der Waals surface area contributed by atoms with Gasteiger partial charge in [0.2, 0.25) is 9.84 Å². The Kier molecular flexibility index (Phi) is 5.07. The summed E-state index contributed by atoms with van der Waals surface area (Å²) in [5.74, 6) is -3.38. The molecule has 0 saturated carbocycles. The molecule has 1 rings (SSSR count). The molecule has 0 fully saturated rings. The van der Waals surface area contributed by atoms with E-state index in [1.54, 1.807) is 0 Å². The van der Waals surface area contributed by atoms with Crippen molar-refractivity contribution in [2.45, 2.75) is 43.4 Å². The second-order valence-electron chi connectivity index (χ2n) is 3.99. The average Bonchev–Trinajstić information content (AvgIpc) is 2.36. The van der Waals surface area contributed by atoms with E-state index in [-0.39, 0.29) is 4.90 Å². The summed E-state index contributed by atoms with van der Waals surface area (Å²) in [4.78, 5) is -0.354. The third kappa shape index (κ3) is 3.41. The zero-order valence-electron chi connectivity index (χ0n) is 10.4. The molecule has 0 aliphatic rings. The maximum atomic E-state index is 12.3. The smallest absolute Gasteiger partial charge is 0.341 e. The van der Waals surface area contributed by atoms with Crippen molar-refractivity contribution < 1.29 is 17.2 Å². The molecule has 0 spiro atoms. The first kappa shape index (κ1) is 14.9. The average molecular weight is 277 g/mol. The van der Waals surface area contributed by atoms with E-state index in [1.165, 1.54) is 24.3 Å². The zero-order valence-corrected chi connectivity index (χ0v) is 11.2. The number of alkyl halides is 2. The van der Waals surface area contributed by atoms with Crippen LogP contribution in [0.1, 0.15) is 26.7 Å². The van der Waals surface area contributed by atoms with E-state index in [9.17, 15) is 17.2 Å². The number of nitrogens with one attached hydrogen (secondary N) is 1. The molecule has 0 amide bonds. The van der Waals surface area contributed by atoms with Crippen LogP contribution in [0.5, 0.6) is 0 Å². The molecule has 0 bridgehead atoms. The predicted octanol–water partition coefficient (Wildman–Crippen LogP) is 3.28. The first-order chi connectivity index (χ1) is 8.41. The van der Waals surface area contributed by atoms with Crippen molar-refractivity contribution in [1.82, 2.24) is 0 Å². The predicted molar refractivity (Wildman–Crippen MR) is 67.6 cm³/mol. The Labute approximate surface area is 106 Å². The van der Waals surface area contributed by atoms with Gasteiger partial charge in [-0.05, 0) is 37.1 Å². The largest absolute Gasteiger partial charge is 0.382 e. The second kappa shape index (κ2) is 6.13. The normalized spacial score (nSPS) is 12.1. The number of rotatable bonds is 6. The molecule has 0 saturated heterocycles. The molecule has 0 heterocycles. The van der Waals surface area contributed by atoms with Crippen LogP contribution >= 0.6 is 0 Å². The van der Waals surface area contributed by atoms with Gasteiger partial charge in [0.25, 0.3) is 0 Å². The van der Waals surface area contributed by atoms with Crippen LogP contribution in [0.4, 0.5) is 14.5 Å². The topological polar surface area (TPSA) is 46.2 Å². The summed E-state index contributed by atoms with van der Waals surface area (Å²) in [5.41, 5.74) is 0.733. The number of anilines is 1. The lowest BCUT2D eigenvalue weighted by Gasteiger charge is -2.16. The molecule has 0 radical (unpaired) electrons. The monoisotopic (exact) mass is 277 g/mol. The summed E-state index contributed by atoms with van der Waals surface area (Å²) in [6, 6.07) is 5.71. The van der Waals surface area contributed by atoms with Gasteiger partial charge in [-0.15, -0.1) is 0 Å². The van der Waals surface area contributed by atoms with Gasteiger partial charge in [-0.3, -0.25) is 0 Å². The Morgan fingerprint density at radius 3 is 2.00 bits per heavy atom. The molecule has 3 nitrogen and oxygen atoms in total. The SMILES string of the molecule is CCC(CC)Nc1ccc(S(=O)(=O)C(F)F)cc1. The van der Waals surface area contributed by atoms with Crippen molar-refractivity contribution in [1.29, 1.82) is 0 Å². The van der Waals surface area contributed by atoms with Gasteiger partial charge >= 0.3 is 5.76 Å². The van der Waals surface area contributed by atoms with Crippen LogP contribution in [-0.2, 0) is 9.84 Å². The van der Waals surface area contributed by atoms with Crippen molar-refractivity contribution in [3.05, 3.63) is 24.3 Å². The quantitative estimate of drug-likeness (QED) is 0.868. The Balaban J connectivity index is 2.87. The van der Waals surface area contributed by atoms with Crippen molar-refractivity contribution in [3.63, 3.8) is 0 Å². The second-order valence-corrected chi connectivity index (χ2v) is 5.91. The van der Waals surface area contributed by atoms with E-state index >= 15 is 0 Å². The van der Waals surface area contributed by atoms with Crippen molar-refractivity contribution in [2.24, 2.45) is 0 Å². The maximum absolute atomic E-state index is 12.3. The first-order valence-electron chi connectivity index (χ1n) is 5.80. The third-order valence-electron chi connectivity index (χ3n) is 2.77. The van der Waals surface area contributed by atoms with Gasteiger partial charge in [-0.25, -0.2) is 8.42 Å². The summed E-state index contributed by atoms with van der Waals surface area (Å²) in [7, 11) is -4.49. The fraction of sp³-hybridized carbons (Fsp3) is 0.500. The highest BCUT2D eigenvalue weighted by Crippen LogP contribution is 2.21. The number of halogens is 2. The van der Waals surface area contributed by atoms with Crippen LogP contribution in [0.25, 0.3) is 0 Å². The molecule has 1 aromatic carbocycles.